The Hall–Kier alpha value is -1.15. The number of hydrogen-bond acceptors (Lipinski definition) is 4. The minimum absolute atomic E-state index is 0.210. The second-order valence-electron chi connectivity index (χ2n) is 5.70. The van der Waals surface area contributed by atoms with Gasteiger partial charge in [0, 0.05) is 19.6 Å². The Morgan fingerprint density at radius 2 is 1.85 bits per heavy atom. The average molecular weight is 304 g/mol. The lowest BCUT2D eigenvalue weighted by molar-refractivity contribution is -0.149. The monoisotopic (exact) mass is 304 g/mol. The summed E-state index contributed by atoms with van der Waals surface area (Å²) < 4.78 is 24.2. The smallest absolute Gasteiger partial charge is 0.319 e. The molecule has 0 atom stereocenters. The molecule has 0 aromatic carbocycles. The molecule has 8 heteroatoms. The van der Waals surface area contributed by atoms with Gasteiger partial charge in [-0.15, -0.1) is 0 Å². The number of hydrogen-bond donors (Lipinski definition) is 2. The zero-order valence-electron chi connectivity index (χ0n) is 11.5. The van der Waals surface area contributed by atoms with E-state index in [4.69, 9.17) is 5.11 Å². The summed E-state index contributed by atoms with van der Waals surface area (Å²) in [7, 11) is -3.14. The van der Waals surface area contributed by atoms with Crippen molar-refractivity contribution in [3.63, 3.8) is 0 Å². The van der Waals surface area contributed by atoms with Crippen molar-refractivity contribution in [1.82, 2.24) is 9.62 Å². The van der Waals surface area contributed by atoms with Gasteiger partial charge in [-0.3, -0.25) is 9.59 Å². The van der Waals surface area contributed by atoms with Gasteiger partial charge in [-0.05, 0) is 31.6 Å². The number of aliphatic carboxylic acids is 1. The van der Waals surface area contributed by atoms with Crippen LogP contribution in [-0.4, -0.2) is 55.6 Å². The zero-order valence-corrected chi connectivity index (χ0v) is 12.3. The maximum Gasteiger partial charge on any atom is 0.319 e. The lowest BCUT2D eigenvalue weighted by atomic mass is 9.97. The van der Waals surface area contributed by atoms with Crippen molar-refractivity contribution in [2.24, 2.45) is 11.3 Å². The third-order valence-electron chi connectivity index (χ3n) is 4.19. The maximum absolute atomic E-state index is 11.8. The Morgan fingerprint density at radius 1 is 1.30 bits per heavy atom. The molecule has 2 rings (SSSR count). The molecule has 1 heterocycles. The summed E-state index contributed by atoms with van der Waals surface area (Å²) in [6.07, 6.45) is 3.38. The molecular weight excluding hydrogens is 284 g/mol. The van der Waals surface area contributed by atoms with E-state index in [9.17, 15) is 18.0 Å². The Morgan fingerprint density at radius 3 is 2.25 bits per heavy atom. The van der Waals surface area contributed by atoms with Crippen molar-refractivity contribution >= 4 is 21.9 Å². The third kappa shape index (κ3) is 3.12. The Balaban J connectivity index is 1.77. The van der Waals surface area contributed by atoms with Gasteiger partial charge >= 0.3 is 5.97 Å². The molecular formula is C12H20N2O5S. The van der Waals surface area contributed by atoms with Gasteiger partial charge in [-0.1, -0.05) is 0 Å². The first-order valence-corrected chi connectivity index (χ1v) is 8.57. The maximum atomic E-state index is 11.8. The quantitative estimate of drug-likeness (QED) is 0.675. The summed E-state index contributed by atoms with van der Waals surface area (Å²) in [6, 6.07) is 0. The Kier molecular flexibility index (Phi) is 4.06. The van der Waals surface area contributed by atoms with Gasteiger partial charge in [0.05, 0.1) is 6.26 Å². The zero-order chi connectivity index (χ0) is 15.0. The van der Waals surface area contributed by atoms with Gasteiger partial charge in [-0.25, -0.2) is 12.7 Å². The summed E-state index contributed by atoms with van der Waals surface area (Å²) in [6.45, 7) is 1.35. The van der Waals surface area contributed by atoms with Crippen molar-refractivity contribution in [2.45, 2.75) is 25.7 Å². The van der Waals surface area contributed by atoms with Crippen molar-refractivity contribution in [2.75, 3.05) is 25.9 Å². The highest BCUT2D eigenvalue weighted by molar-refractivity contribution is 7.88. The fourth-order valence-corrected chi connectivity index (χ4v) is 3.39. The fourth-order valence-electron chi connectivity index (χ4n) is 2.51. The van der Waals surface area contributed by atoms with E-state index in [2.05, 4.69) is 5.32 Å². The van der Waals surface area contributed by atoms with Gasteiger partial charge < -0.3 is 10.4 Å². The predicted molar refractivity (Wildman–Crippen MR) is 71.5 cm³/mol. The Bertz CT molecular complexity index is 504. The first-order chi connectivity index (χ1) is 9.25. The van der Waals surface area contributed by atoms with Crippen LogP contribution < -0.4 is 5.32 Å². The molecule has 0 aromatic rings. The van der Waals surface area contributed by atoms with Gasteiger partial charge in [-0.2, -0.15) is 0 Å². The topological polar surface area (TPSA) is 104 Å². The molecule has 1 aliphatic carbocycles. The molecule has 0 radical (unpaired) electrons. The number of carboxylic acid groups (broad SMARTS) is 1. The van der Waals surface area contributed by atoms with Crippen LogP contribution in [0.1, 0.15) is 25.7 Å². The number of piperidine rings is 1. The van der Waals surface area contributed by atoms with Crippen LogP contribution in [0.25, 0.3) is 0 Å². The van der Waals surface area contributed by atoms with Crippen LogP contribution in [0.4, 0.5) is 0 Å². The molecule has 1 aliphatic heterocycles. The largest absolute Gasteiger partial charge is 0.480 e. The number of nitrogens with one attached hydrogen (secondary N) is 1. The molecule has 1 saturated carbocycles. The van der Waals surface area contributed by atoms with Crippen LogP contribution in [0.3, 0.4) is 0 Å². The molecule has 0 spiro atoms. The van der Waals surface area contributed by atoms with E-state index in [0.29, 0.717) is 45.3 Å². The second kappa shape index (κ2) is 5.33. The Labute approximate surface area is 118 Å². The van der Waals surface area contributed by atoms with Gasteiger partial charge in [0.1, 0.15) is 5.41 Å². The summed E-state index contributed by atoms with van der Waals surface area (Å²) in [4.78, 5) is 22.8. The molecule has 0 unspecified atom stereocenters. The number of carboxylic acids is 1. The number of rotatable bonds is 5. The normalized spacial score (nSPS) is 23.2. The number of sulfonamides is 1. The molecule has 114 valence electrons. The van der Waals surface area contributed by atoms with Crippen molar-refractivity contribution in [1.29, 1.82) is 0 Å². The summed E-state index contributed by atoms with van der Waals surface area (Å²) >= 11 is 0. The highest BCUT2D eigenvalue weighted by atomic mass is 32.2. The second-order valence-corrected chi connectivity index (χ2v) is 7.69. The van der Waals surface area contributed by atoms with Crippen LogP contribution in [0, 0.1) is 11.3 Å². The van der Waals surface area contributed by atoms with Gasteiger partial charge in [0.25, 0.3) is 0 Å². The molecule has 0 aromatic heterocycles. The average Bonchev–Trinajstić information content (AvgIpc) is 3.17. The number of amides is 1. The van der Waals surface area contributed by atoms with E-state index in [1.165, 1.54) is 10.6 Å². The molecule has 2 N–H and O–H groups in total. The van der Waals surface area contributed by atoms with E-state index in [1.54, 1.807) is 0 Å². The first-order valence-electron chi connectivity index (χ1n) is 6.72. The molecule has 0 bridgehead atoms. The first kappa shape index (κ1) is 15.2. The molecule has 1 amide bonds. The van der Waals surface area contributed by atoms with Crippen molar-refractivity contribution < 1.29 is 23.1 Å². The van der Waals surface area contributed by atoms with E-state index in [0.717, 1.165) is 0 Å². The summed E-state index contributed by atoms with van der Waals surface area (Å²) in [5.74, 6) is -1.25. The lowest BCUT2D eigenvalue weighted by Gasteiger charge is -2.30. The fraction of sp³-hybridized carbons (Fsp3) is 0.833. The van der Waals surface area contributed by atoms with E-state index in [-0.39, 0.29) is 5.92 Å². The van der Waals surface area contributed by atoms with Gasteiger partial charge in [0.2, 0.25) is 15.9 Å². The lowest BCUT2D eigenvalue weighted by Crippen LogP contribution is -2.43. The highest BCUT2D eigenvalue weighted by Gasteiger charge is 2.57. The van der Waals surface area contributed by atoms with Crippen LogP contribution in [-0.2, 0) is 19.6 Å². The number of carbonyl (C=O) groups is 2. The minimum Gasteiger partial charge on any atom is -0.480 e. The molecule has 1 saturated heterocycles. The van der Waals surface area contributed by atoms with Crippen LogP contribution in [0.2, 0.25) is 0 Å². The van der Waals surface area contributed by atoms with Crippen LogP contribution in [0.5, 0.6) is 0 Å². The molecule has 20 heavy (non-hydrogen) atoms. The number of nitrogens with zero attached hydrogens (tertiary/aromatic N) is 1. The van der Waals surface area contributed by atoms with Crippen molar-refractivity contribution in [3.8, 4) is 0 Å². The molecule has 7 nitrogen and oxygen atoms in total. The van der Waals surface area contributed by atoms with Crippen molar-refractivity contribution in [3.05, 3.63) is 0 Å². The van der Waals surface area contributed by atoms with E-state index in [1.807, 2.05) is 0 Å². The van der Waals surface area contributed by atoms with Crippen LogP contribution >= 0.6 is 0 Å². The summed E-state index contributed by atoms with van der Waals surface area (Å²) in [5.41, 5.74) is -1.20. The van der Waals surface area contributed by atoms with Gasteiger partial charge in [0.15, 0.2) is 0 Å². The van der Waals surface area contributed by atoms with Crippen LogP contribution in [0.15, 0.2) is 0 Å². The molecule has 2 aliphatic rings. The van der Waals surface area contributed by atoms with E-state index < -0.39 is 27.3 Å². The third-order valence-corrected chi connectivity index (χ3v) is 5.49. The summed E-state index contributed by atoms with van der Waals surface area (Å²) in [5, 5.41) is 11.7. The minimum atomic E-state index is -3.14. The van der Waals surface area contributed by atoms with E-state index >= 15 is 0 Å². The highest BCUT2D eigenvalue weighted by Crippen LogP contribution is 2.46. The standard InChI is InChI=1S/C12H20N2O5S/c1-20(18,19)14-6-2-9(3-7-14)8-13-10(15)12(4-5-12)11(16)17/h9H,2-8H2,1H3,(H,13,15)(H,16,17). The molecule has 2 fully saturated rings. The predicted octanol–water partition coefficient (Wildman–Crippen LogP) is -0.361. The SMILES string of the molecule is CS(=O)(=O)N1CCC(CNC(=O)C2(C(=O)O)CC2)CC1. The number of carbonyl (C=O) groups excluding carboxylic acids is 1.